The fraction of sp³-hybridized carbons (Fsp3) is 0.538. The maximum Gasteiger partial charge on any atom is 0.246 e. The van der Waals surface area contributed by atoms with Crippen LogP contribution in [0.5, 0.6) is 0 Å². The standard InChI is InChI=1S/C13H18F2N2O3S/c1-10(17-5-7-20-8-6-17)9-16-21(18,19)13-11(14)3-2-4-12(13)15/h2-4,10,16H,5-9H2,1H3/t10-/m1/s1. The van der Waals surface area contributed by atoms with E-state index in [1.807, 2.05) is 6.92 Å². The highest BCUT2D eigenvalue weighted by Crippen LogP contribution is 2.18. The zero-order valence-electron chi connectivity index (χ0n) is 11.7. The fourth-order valence-electron chi connectivity index (χ4n) is 2.19. The first-order valence-corrected chi connectivity index (χ1v) is 8.15. The van der Waals surface area contributed by atoms with Crippen LogP contribution >= 0.6 is 0 Å². The van der Waals surface area contributed by atoms with Crippen LogP contribution in [0.3, 0.4) is 0 Å². The molecule has 0 spiro atoms. The molecule has 1 aromatic carbocycles. The average Bonchev–Trinajstić information content (AvgIpc) is 2.45. The fourth-order valence-corrected chi connectivity index (χ4v) is 3.44. The number of nitrogens with zero attached hydrogens (tertiary/aromatic N) is 1. The van der Waals surface area contributed by atoms with Gasteiger partial charge in [0.15, 0.2) is 4.90 Å². The van der Waals surface area contributed by atoms with Crippen LogP contribution < -0.4 is 4.72 Å². The van der Waals surface area contributed by atoms with Crippen molar-refractivity contribution in [1.82, 2.24) is 9.62 Å². The average molecular weight is 320 g/mol. The number of morpholine rings is 1. The van der Waals surface area contributed by atoms with Gasteiger partial charge in [-0.1, -0.05) is 6.07 Å². The lowest BCUT2D eigenvalue weighted by Crippen LogP contribution is -2.47. The topological polar surface area (TPSA) is 58.6 Å². The van der Waals surface area contributed by atoms with Crippen LogP contribution in [0.1, 0.15) is 6.92 Å². The summed E-state index contributed by atoms with van der Waals surface area (Å²) in [6.45, 7) is 4.54. The Morgan fingerprint density at radius 1 is 1.29 bits per heavy atom. The van der Waals surface area contributed by atoms with Crippen molar-refractivity contribution in [3.63, 3.8) is 0 Å². The predicted molar refractivity (Wildman–Crippen MR) is 73.4 cm³/mol. The number of halogens is 2. The van der Waals surface area contributed by atoms with Crippen molar-refractivity contribution in [1.29, 1.82) is 0 Å². The molecule has 0 bridgehead atoms. The highest BCUT2D eigenvalue weighted by Gasteiger charge is 2.25. The quantitative estimate of drug-likeness (QED) is 0.878. The molecule has 1 fully saturated rings. The third kappa shape index (κ3) is 3.97. The van der Waals surface area contributed by atoms with Gasteiger partial charge in [0.25, 0.3) is 0 Å². The van der Waals surface area contributed by atoms with Crippen molar-refractivity contribution in [3.8, 4) is 0 Å². The Hall–Kier alpha value is -1.09. The molecule has 0 saturated carbocycles. The molecule has 0 radical (unpaired) electrons. The number of rotatable bonds is 5. The van der Waals surface area contributed by atoms with Crippen LogP contribution in [0.2, 0.25) is 0 Å². The van der Waals surface area contributed by atoms with E-state index in [-0.39, 0.29) is 12.6 Å². The van der Waals surface area contributed by atoms with E-state index in [2.05, 4.69) is 9.62 Å². The van der Waals surface area contributed by atoms with Gasteiger partial charge < -0.3 is 4.74 Å². The summed E-state index contributed by atoms with van der Waals surface area (Å²) in [5.74, 6) is -2.19. The van der Waals surface area contributed by atoms with Crippen molar-refractivity contribution in [2.45, 2.75) is 17.9 Å². The summed E-state index contributed by atoms with van der Waals surface area (Å²) >= 11 is 0. The molecule has 8 heteroatoms. The molecule has 1 aliphatic heterocycles. The van der Waals surface area contributed by atoms with Crippen LogP contribution in [-0.2, 0) is 14.8 Å². The summed E-state index contributed by atoms with van der Waals surface area (Å²) in [6.07, 6.45) is 0. The van der Waals surface area contributed by atoms with Crippen LogP contribution in [0.4, 0.5) is 8.78 Å². The number of benzene rings is 1. The molecule has 118 valence electrons. The Bertz CT molecular complexity index is 569. The monoisotopic (exact) mass is 320 g/mol. The van der Waals surface area contributed by atoms with Gasteiger partial charge in [0.1, 0.15) is 11.6 Å². The molecule has 1 saturated heterocycles. The Kier molecular flexibility index (Phi) is 5.26. The SMILES string of the molecule is C[C@H](CNS(=O)(=O)c1c(F)cccc1F)N1CCOCC1. The van der Waals surface area contributed by atoms with Crippen molar-refractivity contribution in [3.05, 3.63) is 29.8 Å². The molecule has 2 rings (SSSR count). The van der Waals surface area contributed by atoms with Gasteiger partial charge in [0.2, 0.25) is 10.0 Å². The van der Waals surface area contributed by atoms with Gasteiger partial charge in [-0.05, 0) is 19.1 Å². The van der Waals surface area contributed by atoms with Gasteiger partial charge in [0, 0.05) is 25.7 Å². The van der Waals surface area contributed by atoms with E-state index < -0.39 is 26.6 Å². The van der Waals surface area contributed by atoms with Crippen molar-refractivity contribution in [2.75, 3.05) is 32.8 Å². The largest absolute Gasteiger partial charge is 0.379 e. The second-order valence-electron chi connectivity index (χ2n) is 4.90. The Labute approximate surface area is 122 Å². The van der Waals surface area contributed by atoms with Gasteiger partial charge >= 0.3 is 0 Å². The van der Waals surface area contributed by atoms with E-state index in [1.54, 1.807) is 0 Å². The third-order valence-electron chi connectivity index (χ3n) is 3.43. The summed E-state index contributed by atoms with van der Waals surface area (Å²) in [4.78, 5) is 1.13. The minimum atomic E-state index is -4.21. The first-order valence-electron chi connectivity index (χ1n) is 6.67. The summed E-state index contributed by atoms with van der Waals surface area (Å²) in [5.41, 5.74) is 0. The van der Waals surface area contributed by atoms with Gasteiger partial charge in [-0.25, -0.2) is 21.9 Å². The lowest BCUT2D eigenvalue weighted by atomic mass is 10.2. The van der Waals surface area contributed by atoms with E-state index in [0.29, 0.717) is 26.3 Å². The predicted octanol–water partition coefficient (Wildman–Crippen LogP) is 0.964. The van der Waals surface area contributed by atoms with E-state index in [1.165, 1.54) is 0 Å². The van der Waals surface area contributed by atoms with Crippen molar-refractivity contribution >= 4 is 10.0 Å². The first kappa shape index (κ1) is 16.3. The number of nitrogens with one attached hydrogen (secondary N) is 1. The molecule has 21 heavy (non-hydrogen) atoms. The summed E-state index contributed by atoms with van der Waals surface area (Å²) < 4.78 is 58.6. The maximum absolute atomic E-state index is 13.5. The van der Waals surface area contributed by atoms with Crippen LogP contribution in [0.15, 0.2) is 23.1 Å². The maximum atomic E-state index is 13.5. The molecule has 0 unspecified atom stereocenters. The lowest BCUT2D eigenvalue weighted by molar-refractivity contribution is 0.0213. The highest BCUT2D eigenvalue weighted by atomic mass is 32.2. The zero-order chi connectivity index (χ0) is 15.5. The molecule has 5 nitrogen and oxygen atoms in total. The van der Waals surface area contributed by atoms with Crippen molar-refractivity contribution < 1.29 is 21.9 Å². The molecular weight excluding hydrogens is 302 g/mol. The van der Waals surface area contributed by atoms with Gasteiger partial charge in [-0.2, -0.15) is 0 Å². The van der Waals surface area contributed by atoms with E-state index in [9.17, 15) is 17.2 Å². The second kappa shape index (κ2) is 6.78. The Balaban J connectivity index is 2.04. The third-order valence-corrected chi connectivity index (χ3v) is 4.90. The van der Waals surface area contributed by atoms with E-state index in [4.69, 9.17) is 4.74 Å². The van der Waals surface area contributed by atoms with Crippen LogP contribution in [0.25, 0.3) is 0 Å². The molecule has 0 aromatic heterocycles. The molecule has 1 atom stereocenters. The van der Waals surface area contributed by atoms with Crippen LogP contribution in [-0.4, -0.2) is 52.2 Å². The summed E-state index contributed by atoms with van der Waals surface area (Å²) in [6, 6.07) is 2.88. The minimum Gasteiger partial charge on any atom is -0.379 e. The summed E-state index contributed by atoms with van der Waals surface area (Å²) in [5, 5.41) is 0. The van der Waals surface area contributed by atoms with Crippen molar-refractivity contribution in [2.24, 2.45) is 0 Å². The second-order valence-corrected chi connectivity index (χ2v) is 6.60. The normalized spacial score (nSPS) is 18.6. The van der Waals surface area contributed by atoms with Crippen LogP contribution in [0, 0.1) is 11.6 Å². The number of ether oxygens (including phenoxy) is 1. The molecule has 0 amide bonds. The number of sulfonamides is 1. The molecule has 1 aliphatic rings. The molecule has 1 aromatic rings. The number of hydrogen-bond acceptors (Lipinski definition) is 4. The molecule has 1 heterocycles. The van der Waals surface area contributed by atoms with Gasteiger partial charge in [-0.3, -0.25) is 4.90 Å². The Morgan fingerprint density at radius 3 is 2.43 bits per heavy atom. The number of hydrogen-bond donors (Lipinski definition) is 1. The lowest BCUT2D eigenvalue weighted by Gasteiger charge is -2.32. The Morgan fingerprint density at radius 2 is 1.86 bits per heavy atom. The van der Waals surface area contributed by atoms with Gasteiger partial charge in [-0.15, -0.1) is 0 Å². The first-order chi connectivity index (χ1) is 9.92. The molecular formula is C13H18F2N2O3S. The highest BCUT2D eigenvalue weighted by molar-refractivity contribution is 7.89. The van der Waals surface area contributed by atoms with E-state index in [0.717, 1.165) is 18.2 Å². The molecule has 1 N–H and O–H groups in total. The minimum absolute atomic E-state index is 0.0795. The van der Waals surface area contributed by atoms with Gasteiger partial charge in [0.05, 0.1) is 13.2 Å². The van der Waals surface area contributed by atoms with E-state index >= 15 is 0 Å². The zero-order valence-corrected chi connectivity index (χ0v) is 12.5. The smallest absolute Gasteiger partial charge is 0.246 e. The molecule has 0 aliphatic carbocycles. The summed E-state index contributed by atoms with van der Waals surface area (Å²) in [7, 11) is -4.21.